The molecule has 1 aromatic heterocycles. The first kappa shape index (κ1) is 78.6. The zero-order valence-corrected chi connectivity index (χ0v) is 53.9. The minimum absolute atomic E-state index is 0.00318. The van der Waals surface area contributed by atoms with Crippen molar-refractivity contribution >= 4 is 93.9 Å². The highest BCUT2D eigenvalue weighted by Crippen LogP contribution is 2.20. The number of phenols is 1. The number of aromatic hydroxyl groups is 1. The number of aliphatic carboxylic acids is 1. The Morgan fingerprint density at radius 2 is 0.726 bits per heavy atom. The van der Waals surface area contributed by atoms with E-state index >= 15 is 9.59 Å². The summed E-state index contributed by atoms with van der Waals surface area (Å²) in [7, 11) is 0. The Kier molecular flexibility index (Phi) is 33.9. The number of nitrogens with two attached hydrogens (primary N) is 11. The van der Waals surface area contributed by atoms with Crippen LogP contribution in [0.3, 0.4) is 0 Å². The van der Waals surface area contributed by atoms with Crippen LogP contribution in [-0.4, -0.2) is 185 Å². The lowest BCUT2D eigenvalue weighted by Gasteiger charge is -2.28. The molecule has 0 aliphatic carbocycles. The Balaban J connectivity index is 2.15. The summed E-state index contributed by atoms with van der Waals surface area (Å²) < 4.78 is 0. The summed E-state index contributed by atoms with van der Waals surface area (Å²) in [4.78, 5) is 151. The van der Waals surface area contributed by atoms with Crippen molar-refractivity contribution < 1.29 is 53.4 Å². The van der Waals surface area contributed by atoms with Gasteiger partial charge in [-0.3, -0.25) is 63.3 Å². The van der Waals surface area contributed by atoms with Gasteiger partial charge in [0.1, 0.15) is 54.1 Å². The second kappa shape index (κ2) is 41.0. The lowest BCUT2D eigenvalue weighted by atomic mass is 10.0. The van der Waals surface area contributed by atoms with Crippen molar-refractivity contribution in [3.63, 3.8) is 0 Å². The van der Waals surface area contributed by atoms with Crippen molar-refractivity contribution in [2.45, 2.75) is 159 Å². The van der Waals surface area contributed by atoms with Gasteiger partial charge in [0, 0.05) is 62.7 Å². The van der Waals surface area contributed by atoms with Gasteiger partial charge in [-0.2, -0.15) is 0 Å². The van der Waals surface area contributed by atoms with Crippen LogP contribution in [0.1, 0.15) is 103 Å². The molecule has 36 nitrogen and oxygen atoms in total. The van der Waals surface area contributed by atoms with Crippen LogP contribution in [0.4, 0.5) is 0 Å². The van der Waals surface area contributed by atoms with E-state index in [1.165, 1.54) is 31.2 Å². The molecule has 95 heavy (non-hydrogen) atoms. The topological polar surface area (TPSA) is 654 Å². The lowest BCUT2D eigenvalue weighted by Crippen LogP contribution is -2.60. The number of fused-ring (bicyclic) bond motifs is 1. The summed E-state index contributed by atoms with van der Waals surface area (Å²) in [5, 5.41) is 41.9. The van der Waals surface area contributed by atoms with Crippen LogP contribution in [-0.2, 0) is 56.0 Å². The van der Waals surface area contributed by atoms with Gasteiger partial charge in [0.15, 0.2) is 29.8 Å². The summed E-state index contributed by atoms with van der Waals surface area (Å²) in [6.45, 7) is 4.88. The maximum Gasteiger partial charge on any atom is 0.326 e. The number of aliphatic imine (C=N–C) groups is 5. The molecular formula is C59H97N25O11. The fraction of sp³-hybridized carbons (Fsp3) is 0.525. The summed E-state index contributed by atoms with van der Waals surface area (Å²) >= 11 is 0. The highest BCUT2D eigenvalue weighted by atomic mass is 16.4. The largest absolute Gasteiger partial charge is 0.508 e. The molecule has 2 aromatic carbocycles. The quantitative estimate of drug-likeness (QED) is 0.0143. The Morgan fingerprint density at radius 3 is 1.05 bits per heavy atom. The molecule has 0 spiro atoms. The molecule has 0 unspecified atom stereocenters. The number of rotatable bonds is 43. The van der Waals surface area contributed by atoms with Crippen LogP contribution in [0.25, 0.3) is 10.9 Å². The van der Waals surface area contributed by atoms with Crippen molar-refractivity contribution in [3.05, 3.63) is 65.9 Å². The van der Waals surface area contributed by atoms with Crippen molar-refractivity contribution in [1.29, 1.82) is 0 Å². The molecule has 3 aromatic rings. The Labute approximate surface area is 549 Å². The van der Waals surface area contributed by atoms with Gasteiger partial charge in [0.25, 0.3) is 0 Å². The summed E-state index contributed by atoms with van der Waals surface area (Å²) in [6, 6.07) is 0.349. The third-order valence-corrected chi connectivity index (χ3v) is 14.4. The van der Waals surface area contributed by atoms with E-state index in [4.69, 9.17) is 63.1 Å². The number of hydrogen-bond donors (Lipinski definition) is 22. The van der Waals surface area contributed by atoms with E-state index in [0.29, 0.717) is 22.0 Å². The molecule has 8 amide bonds. The lowest BCUT2D eigenvalue weighted by molar-refractivity contribution is -0.143. The fourth-order valence-electron chi connectivity index (χ4n) is 9.57. The van der Waals surface area contributed by atoms with Crippen LogP contribution in [0.2, 0.25) is 0 Å². The van der Waals surface area contributed by atoms with Gasteiger partial charge in [-0.1, -0.05) is 44.2 Å². The van der Waals surface area contributed by atoms with Crippen molar-refractivity contribution in [2.75, 3.05) is 32.7 Å². The molecule has 33 N–H and O–H groups in total. The minimum atomic E-state index is -1.55. The van der Waals surface area contributed by atoms with Gasteiger partial charge in [-0.15, -0.1) is 0 Å². The summed E-state index contributed by atoms with van der Waals surface area (Å²) in [5.74, 6) is -9.78. The third-order valence-electron chi connectivity index (χ3n) is 14.4. The first-order valence-corrected chi connectivity index (χ1v) is 31.0. The fourth-order valence-corrected chi connectivity index (χ4v) is 9.57. The third kappa shape index (κ3) is 30.5. The predicted molar refractivity (Wildman–Crippen MR) is 360 cm³/mol. The number of aromatic nitrogens is 1. The highest BCUT2D eigenvalue weighted by Gasteiger charge is 2.36. The van der Waals surface area contributed by atoms with Gasteiger partial charge in [0.2, 0.25) is 47.3 Å². The monoisotopic (exact) mass is 1330 g/mol. The summed E-state index contributed by atoms with van der Waals surface area (Å²) in [5.41, 5.74) is 63.5. The van der Waals surface area contributed by atoms with E-state index in [9.17, 15) is 43.8 Å². The number of carbonyl (C=O) groups is 9. The van der Waals surface area contributed by atoms with Crippen LogP contribution >= 0.6 is 0 Å². The first-order valence-electron chi connectivity index (χ1n) is 31.0. The Hall–Kier alpha value is -10.7. The van der Waals surface area contributed by atoms with Gasteiger partial charge < -0.3 is 121 Å². The first-order chi connectivity index (χ1) is 44.9. The van der Waals surface area contributed by atoms with Gasteiger partial charge >= 0.3 is 5.97 Å². The number of H-pyrrole nitrogens is 1. The predicted octanol–water partition coefficient (Wildman–Crippen LogP) is -5.72. The smallest absolute Gasteiger partial charge is 0.326 e. The molecule has 9 atom stereocenters. The van der Waals surface area contributed by atoms with Gasteiger partial charge in [-0.05, 0) is 113 Å². The molecule has 0 radical (unpaired) electrons. The molecule has 3 rings (SSSR count). The number of nitrogens with zero attached hydrogens (tertiary/aromatic N) is 5. The molecular weight excluding hydrogens is 1230 g/mol. The number of carboxylic acids is 1. The van der Waals surface area contributed by atoms with Crippen molar-refractivity contribution in [1.82, 2.24) is 47.5 Å². The zero-order valence-electron chi connectivity index (χ0n) is 53.9. The van der Waals surface area contributed by atoms with Gasteiger partial charge in [-0.25, -0.2) is 4.79 Å². The average Bonchev–Trinajstić information content (AvgIpc) is 1.73. The van der Waals surface area contributed by atoms with E-state index in [1.807, 2.05) is 0 Å². The zero-order chi connectivity index (χ0) is 70.7. The molecule has 36 heteroatoms. The number of para-hydroxylation sites is 1. The van der Waals surface area contributed by atoms with E-state index in [0.717, 1.165) is 0 Å². The molecule has 0 aliphatic rings. The second-order valence-corrected chi connectivity index (χ2v) is 22.9. The standard InChI is InChI=1S/C59H97N25O11/c1-31(2)27-45(54(94)95)84-51(91)42(17-10-26-75-59(69)70)79-49(89)40(15-8-24-73-57(65)66)81-53(93)44(29-34-30-76-37-12-5-4-11-36(34)37)83-50(90)41(16-9-25-74-58(67)68)78-47(87)38(13-6-22-71-55(61)62)77-48(88)39(14-7-23-72-56(63)64)80-52(92)43(82-46(86)32(3)60)28-33-18-20-35(85)21-19-33/h4-5,11-12,18-21,30-32,38-45,76,85H,6-10,13-17,22-29,60H2,1-3H3,(H,77,88)(H,78,87)(H,79,89)(H,80,92)(H,81,93)(H,82,86)(H,83,90)(H,84,91)(H,94,95)(H4,61,62,71)(H4,63,64,72)(H4,65,66,73)(H4,67,68,74)(H4,69,70,75)/t32-,38-,39-,40-,41-,42-,43-,44-,45-/m0/s1. The Morgan fingerprint density at radius 1 is 0.421 bits per heavy atom. The Bertz CT molecular complexity index is 3170. The summed E-state index contributed by atoms with van der Waals surface area (Å²) in [6.07, 6.45) is 1.04. The second-order valence-electron chi connectivity index (χ2n) is 22.9. The van der Waals surface area contributed by atoms with E-state index in [2.05, 4.69) is 72.5 Å². The number of hydrogen-bond acceptors (Lipinski definition) is 16. The van der Waals surface area contributed by atoms with Crippen molar-refractivity contribution in [2.24, 2.45) is 94.0 Å². The number of amides is 8. The number of phenolic OH excluding ortho intramolecular Hbond substituents is 1. The van der Waals surface area contributed by atoms with Crippen LogP contribution in [0, 0.1) is 5.92 Å². The van der Waals surface area contributed by atoms with Gasteiger partial charge in [0.05, 0.1) is 6.04 Å². The minimum Gasteiger partial charge on any atom is -0.508 e. The normalized spacial score (nSPS) is 13.8. The number of nitrogens with one attached hydrogen (secondary N) is 9. The number of carboxylic acid groups (broad SMARTS) is 1. The van der Waals surface area contributed by atoms with Crippen LogP contribution in [0.15, 0.2) is 79.7 Å². The molecule has 0 fully saturated rings. The molecule has 0 saturated heterocycles. The SMILES string of the molecule is CC(C)C[C@H](NC(=O)[C@H](CCCN=C(N)N)NC(=O)[C@H](CCCN=C(N)N)NC(=O)[C@H](Cc1c[nH]c2ccccc12)NC(=O)[C@H](CCCN=C(N)N)NC(=O)[C@H](CCCN=C(N)N)NC(=O)[C@H](CCCN=C(N)N)NC(=O)[C@H](Cc1ccc(O)cc1)NC(=O)[C@H](C)N)C(=O)O. The van der Waals surface area contributed by atoms with Crippen LogP contribution < -0.4 is 106 Å². The van der Waals surface area contributed by atoms with Crippen molar-refractivity contribution in [3.8, 4) is 5.75 Å². The molecule has 0 saturated carbocycles. The highest BCUT2D eigenvalue weighted by molar-refractivity contribution is 5.99. The number of carbonyl (C=O) groups excluding carboxylic acids is 8. The maximum atomic E-state index is 15.1. The van der Waals surface area contributed by atoms with E-state index in [1.54, 1.807) is 44.3 Å². The molecule has 0 aliphatic heterocycles. The molecule has 524 valence electrons. The van der Waals surface area contributed by atoms with E-state index in [-0.39, 0.29) is 158 Å². The molecule has 0 bridgehead atoms. The van der Waals surface area contributed by atoms with E-state index < -0.39 is 108 Å². The molecule has 1 heterocycles. The average molecular weight is 1330 g/mol. The number of aromatic amines is 1. The number of guanidine groups is 5. The number of benzene rings is 2. The van der Waals surface area contributed by atoms with Crippen LogP contribution in [0.5, 0.6) is 5.75 Å². The maximum absolute atomic E-state index is 15.1.